The number of hydrogen-bond donors (Lipinski definition) is 1. The van der Waals surface area contributed by atoms with Crippen molar-refractivity contribution in [2.45, 2.75) is 13.0 Å². The van der Waals surface area contributed by atoms with E-state index in [0.717, 1.165) is 40.0 Å². The Balaban J connectivity index is 1.21. The molecular weight excluding hydrogens is 595 g/mol. The van der Waals surface area contributed by atoms with E-state index in [2.05, 4.69) is 181 Å². The van der Waals surface area contributed by atoms with Gasteiger partial charge in [-0.05, 0) is 92.9 Å². The Morgan fingerprint density at radius 1 is 0.531 bits per heavy atom. The van der Waals surface area contributed by atoms with Gasteiger partial charge in [0.15, 0.2) is 0 Å². The molecule has 0 amide bonds. The minimum absolute atomic E-state index is 0.338. The summed E-state index contributed by atoms with van der Waals surface area (Å²) < 4.78 is 2.30. The lowest BCUT2D eigenvalue weighted by molar-refractivity contribution is 1.05. The topological polar surface area (TPSA) is 50.7 Å². The number of nitrogens with one attached hydrogen (secondary N) is 1. The molecule has 7 aromatic carbocycles. The lowest BCUT2D eigenvalue weighted by Gasteiger charge is -2.15. The molecule has 1 aromatic heterocycles. The predicted octanol–water partition coefficient (Wildman–Crippen LogP) is 11.3. The highest BCUT2D eigenvalue weighted by Crippen LogP contribution is 2.40. The summed E-state index contributed by atoms with van der Waals surface area (Å²) in [5.74, 6) is 0. The van der Waals surface area contributed by atoms with Gasteiger partial charge in [-0.3, -0.25) is 0 Å². The number of fused-ring (bicyclic) bond motifs is 3. The van der Waals surface area contributed by atoms with E-state index in [9.17, 15) is 5.26 Å². The number of aromatic nitrogens is 1. The van der Waals surface area contributed by atoms with Crippen LogP contribution in [0.1, 0.15) is 22.7 Å². The second kappa shape index (κ2) is 11.8. The van der Waals surface area contributed by atoms with Crippen LogP contribution in [-0.2, 0) is 0 Å². The first-order chi connectivity index (χ1) is 24.1. The first kappa shape index (κ1) is 29.0. The van der Waals surface area contributed by atoms with E-state index in [1.165, 1.54) is 49.7 Å². The highest BCUT2D eigenvalue weighted by atomic mass is 15.1. The summed E-state index contributed by atoms with van der Waals surface area (Å²) >= 11 is 0. The number of hydrogen-bond acceptors (Lipinski definition) is 2. The van der Waals surface area contributed by atoms with Gasteiger partial charge in [-0.15, -0.1) is 0 Å². The maximum atomic E-state index is 10.4. The van der Waals surface area contributed by atoms with Gasteiger partial charge in [0.05, 0.1) is 22.3 Å². The van der Waals surface area contributed by atoms with Crippen LogP contribution in [0.5, 0.6) is 0 Å². The molecule has 1 N–H and O–H groups in total. The van der Waals surface area contributed by atoms with Gasteiger partial charge in [-0.2, -0.15) is 5.26 Å². The average molecular weight is 628 g/mol. The Labute approximate surface area is 286 Å². The van der Waals surface area contributed by atoms with E-state index in [0.29, 0.717) is 11.6 Å². The van der Waals surface area contributed by atoms with E-state index in [1.807, 2.05) is 0 Å². The van der Waals surface area contributed by atoms with Crippen molar-refractivity contribution in [1.29, 1.82) is 5.26 Å². The summed E-state index contributed by atoms with van der Waals surface area (Å²) in [4.78, 5) is 0. The Morgan fingerprint density at radius 3 is 1.37 bits per heavy atom. The van der Waals surface area contributed by atoms with Gasteiger partial charge in [0, 0.05) is 23.4 Å². The summed E-state index contributed by atoms with van der Waals surface area (Å²) in [6, 6.07) is 59.3. The van der Waals surface area contributed by atoms with E-state index >= 15 is 0 Å². The van der Waals surface area contributed by atoms with Crippen LogP contribution in [0.2, 0.25) is 0 Å². The minimum Gasteiger partial charge on any atom is -0.308 e. The zero-order chi connectivity index (χ0) is 32.9. The normalized spacial score (nSPS) is 13.8. The number of rotatable bonds is 6. The molecule has 0 radical (unpaired) electrons. The van der Waals surface area contributed by atoms with Gasteiger partial charge in [-0.1, -0.05) is 127 Å². The molecule has 9 rings (SSSR count). The summed E-state index contributed by atoms with van der Waals surface area (Å²) in [5, 5.41) is 16.1. The summed E-state index contributed by atoms with van der Waals surface area (Å²) in [6.07, 6.45) is 0. The molecule has 232 valence electrons. The monoisotopic (exact) mass is 627 g/mol. The Hall–Kier alpha value is -6.21. The second-order valence-corrected chi connectivity index (χ2v) is 13.0. The Kier molecular flexibility index (Phi) is 6.97. The number of nitriles is 1. The van der Waals surface area contributed by atoms with Gasteiger partial charge in [0.25, 0.3) is 0 Å². The number of nitrogens with zero attached hydrogens (tertiary/aromatic N) is 2. The van der Waals surface area contributed by atoms with Crippen molar-refractivity contribution >= 4 is 21.8 Å². The third-order valence-electron chi connectivity index (χ3n) is 9.89. The van der Waals surface area contributed by atoms with E-state index < -0.39 is 0 Å². The molecule has 0 aliphatic carbocycles. The van der Waals surface area contributed by atoms with Crippen LogP contribution in [0.3, 0.4) is 0 Å². The van der Waals surface area contributed by atoms with Gasteiger partial charge < -0.3 is 9.88 Å². The molecular formula is C46H33N3. The van der Waals surface area contributed by atoms with E-state index in [1.54, 1.807) is 0 Å². The first-order valence-electron chi connectivity index (χ1n) is 16.8. The lowest BCUT2D eigenvalue weighted by atomic mass is 9.97. The van der Waals surface area contributed by atoms with Crippen LogP contribution in [-0.4, -0.2) is 11.1 Å². The predicted molar refractivity (Wildman–Crippen MR) is 203 cm³/mol. The third-order valence-corrected chi connectivity index (χ3v) is 9.89. The molecule has 49 heavy (non-hydrogen) atoms. The highest BCUT2D eigenvalue weighted by Gasteiger charge is 2.25. The minimum atomic E-state index is 0.338. The van der Waals surface area contributed by atoms with Crippen LogP contribution in [0.4, 0.5) is 0 Å². The van der Waals surface area contributed by atoms with Crippen molar-refractivity contribution < 1.29 is 0 Å². The van der Waals surface area contributed by atoms with Gasteiger partial charge >= 0.3 is 0 Å². The fourth-order valence-corrected chi connectivity index (χ4v) is 7.28. The fourth-order valence-electron chi connectivity index (χ4n) is 7.28. The molecule has 0 spiro atoms. The third kappa shape index (κ3) is 5.20. The van der Waals surface area contributed by atoms with Crippen molar-refractivity contribution in [3.05, 3.63) is 174 Å². The van der Waals surface area contributed by atoms with Crippen molar-refractivity contribution in [3.8, 4) is 56.3 Å². The molecule has 1 unspecified atom stereocenters. The quantitative estimate of drug-likeness (QED) is 0.187. The van der Waals surface area contributed by atoms with Gasteiger partial charge in [0.1, 0.15) is 6.07 Å². The van der Waals surface area contributed by atoms with E-state index in [-0.39, 0.29) is 0 Å². The number of benzene rings is 7. The zero-order valence-electron chi connectivity index (χ0n) is 27.2. The fraction of sp³-hybridized carbons (Fsp3) is 0.0652. The van der Waals surface area contributed by atoms with Crippen molar-refractivity contribution in [1.82, 2.24) is 9.88 Å². The molecule has 1 aliphatic heterocycles. The maximum Gasteiger partial charge on any atom is 0.101 e. The largest absolute Gasteiger partial charge is 0.308 e. The lowest BCUT2D eigenvalue weighted by Crippen LogP contribution is -2.02. The Morgan fingerprint density at radius 2 is 0.939 bits per heavy atom. The molecule has 1 saturated heterocycles. The van der Waals surface area contributed by atoms with Crippen molar-refractivity contribution in [2.24, 2.45) is 0 Å². The summed E-state index contributed by atoms with van der Waals surface area (Å²) in [7, 11) is 0. The van der Waals surface area contributed by atoms with Crippen LogP contribution in [0, 0.1) is 18.3 Å². The highest BCUT2D eigenvalue weighted by molar-refractivity contribution is 6.12. The van der Waals surface area contributed by atoms with Crippen molar-refractivity contribution in [3.63, 3.8) is 0 Å². The average Bonchev–Trinajstić information content (AvgIpc) is 3.98. The molecule has 3 heteroatoms. The molecule has 8 aromatic rings. The SMILES string of the molecule is Cc1cc(C2CN2)cc(C#N)c1-n1c2ccc(-c3ccc(-c4ccccc4)cc3)cc2c2cc(-c3ccc(-c4ccccc4)cc3)ccc21. The molecule has 0 bridgehead atoms. The molecule has 2 heterocycles. The van der Waals surface area contributed by atoms with Crippen LogP contribution in [0.15, 0.2) is 158 Å². The smallest absolute Gasteiger partial charge is 0.101 e. The van der Waals surface area contributed by atoms with Gasteiger partial charge in [-0.25, -0.2) is 0 Å². The molecule has 1 atom stereocenters. The molecule has 0 saturated carbocycles. The maximum absolute atomic E-state index is 10.4. The summed E-state index contributed by atoms with van der Waals surface area (Å²) in [6.45, 7) is 3.09. The zero-order valence-corrected chi connectivity index (χ0v) is 27.2. The van der Waals surface area contributed by atoms with Crippen LogP contribution in [0.25, 0.3) is 72.0 Å². The molecule has 1 aliphatic rings. The Bertz CT molecular complexity index is 2390. The van der Waals surface area contributed by atoms with Crippen LogP contribution >= 0.6 is 0 Å². The van der Waals surface area contributed by atoms with E-state index in [4.69, 9.17) is 0 Å². The number of aryl methyl sites for hydroxylation is 1. The standard InChI is InChI=1S/C46H33N3/c1-30-24-39(43-29-48-43)25-40(28-47)46(30)49-44-22-20-37(35-16-12-33(13-17-35)31-8-4-2-5-9-31)26-41(44)42-27-38(21-23-45(42)49)36-18-14-34(15-19-36)32-10-6-3-7-11-32/h2-27,43,48H,29H2,1H3. The second-order valence-electron chi connectivity index (χ2n) is 13.0. The summed E-state index contributed by atoms with van der Waals surface area (Å²) in [5.41, 5.74) is 15.6. The first-order valence-corrected chi connectivity index (χ1v) is 16.8. The van der Waals surface area contributed by atoms with Gasteiger partial charge in [0.2, 0.25) is 0 Å². The van der Waals surface area contributed by atoms with Crippen molar-refractivity contribution in [2.75, 3.05) is 6.54 Å². The van der Waals surface area contributed by atoms with Crippen LogP contribution < -0.4 is 5.32 Å². The molecule has 3 nitrogen and oxygen atoms in total. The molecule has 1 fully saturated rings.